The Kier molecular flexibility index (Phi) is 8.11. The molecule has 8 nitrogen and oxygen atoms in total. The SMILES string of the molecule is COc1ccc(C(=C2C=CC(CN)(CN)C=C2)c2ccc(OC)c(CC(=O)O)c2)cc1CC(=O)O. The second-order valence-corrected chi connectivity index (χ2v) is 8.33. The topological polar surface area (TPSA) is 145 Å². The number of carboxylic acids is 2. The molecule has 2 aromatic rings. The fourth-order valence-corrected chi connectivity index (χ4v) is 4.12. The van der Waals surface area contributed by atoms with Crippen LogP contribution in [-0.2, 0) is 22.4 Å². The molecule has 0 unspecified atom stereocenters. The average molecular weight is 479 g/mol. The van der Waals surface area contributed by atoms with E-state index in [2.05, 4.69) is 0 Å². The number of methoxy groups -OCH3 is 2. The molecule has 0 aromatic heterocycles. The lowest BCUT2D eigenvalue weighted by atomic mass is 9.80. The van der Waals surface area contributed by atoms with Crippen molar-refractivity contribution < 1.29 is 29.3 Å². The van der Waals surface area contributed by atoms with Crippen molar-refractivity contribution in [2.45, 2.75) is 12.8 Å². The highest BCUT2D eigenvalue weighted by Crippen LogP contribution is 2.36. The lowest BCUT2D eigenvalue weighted by Gasteiger charge is -2.27. The summed E-state index contributed by atoms with van der Waals surface area (Å²) in [4.78, 5) is 22.9. The van der Waals surface area contributed by atoms with Crippen LogP contribution in [-0.4, -0.2) is 49.5 Å². The van der Waals surface area contributed by atoms with Gasteiger partial charge in [-0.2, -0.15) is 0 Å². The van der Waals surface area contributed by atoms with E-state index in [9.17, 15) is 19.8 Å². The number of carbonyl (C=O) groups is 2. The molecule has 0 atom stereocenters. The predicted octanol–water partition coefficient (Wildman–Crippen LogP) is 2.79. The van der Waals surface area contributed by atoms with Crippen molar-refractivity contribution in [3.8, 4) is 11.5 Å². The number of aliphatic carboxylic acids is 2. The molecule has 6 N–H and O–H groups in total. The molecular formula is C27H30N2O6. The van der Waals surface area contributed by atoms with E-state index in [1.165, 1.54) is 14.2 Å². The zero-order valence-corrected chi connectivity index (χ0v) is 19.8. The molecule has 0 amide bonds. The van der Waals surface area contributed by atoms with Gasteiger partial charge >= 0.3 is 11.9 Å². The third-order valence-corrected chi connectivity index (χ3v) is 6.06. The summed E-state index contributed by atoms with van der Waals surface area (Å²) in [6.45, 7) is 0.714. The van der Waals surface area contributed by atoms with Gasteiger partial charge in [-0.25, -0.2) is 0 Å². The van der Waals surface area contributed by atoms with Crippen LogP contribution in [0.5, 0.6) is 11.5 Å². The average Bonchev–Trinajstić information content (AvgIpc) is 2.84. The minimum absolute atomic E-state index is 0.207. The first-order chi connectivity index (χ1) is 16.8. The van der Waals surface area contributed by atoms with Crippen LogP contribution < -0.4 is 20.9 Å². The van der Waals surface area contributed by atoms with Gasteiger partial charge in [-0.3, -0.25) is 9.59 Å². The second kappa shape index (κ2) is 11.0. The molecule has 0 spiro atoms. The maximum atomic E-state index is 11.5. The molecule has 1 aliphatic carbocycles. The fourth-order valence-electron chi connectivity index (χ4n) is 4.12. The molecule has 0 radical (unpaired) electrons. The standard InChI is InChI=1S/C27H30N2O6/c1-34-22-5-3-18(11-20(22)13-24(30)31)26(17-7-9-27(15-28,16-29)10-8-17)19-4-6-23(35-2)21(12-19)14-25(32)33/h3-12H,13-16,28-29H2,1-2H3,(H,30,31)(H,32,33). The summed E-state index contributed by atoms with van der Waals surface area (Å²) in [5.41, 5.74) is 15.7. The number of allylic oxidation sites excluding steroid dienone is 3. The Bertz CT molecular complexity index is 1120. The van der Waals surface area contributed by atoms with Crippen molar-refractivity contribution in [2.75, 3.05) is 27.3 Å². The van der Waals surface area contributed by atoms with Crippen LogP contribution in [0.2, 0.25) is 0 Å². The number of nitrogens with two attached hydrogens (primary N) is 2. The van der Waals surface area contributed by atoms with Crippen molar-refractivity contribution in [3.63, 3.8) is 0 Å². The van der Waals surface area contributed by atoms with Crippen molar-refractivity contribution in [1.82, 2.24) is 0 Å². The minimum atomic E-state index is -0.976. The van der Waals surface area contributed by atoms with Crippen molar-refractivity contribution >= 4 is 17.5 Å². The van der Waals surface area contributed by atoms with E-state index in [1.54, 1.807) is 24.3 Å². The van der Waals surface area contributed by atoms with Gasteiger partial charge in [-0.15, -0.1) is 0 Å². The van der Waals surface area contributed by atoms with Gasteiger partial charge in [0.05, 0.1) is 27.1 Å². The van der Waals surface area contributed by atoms with Crippen LogP contribution in [0.1, 0.15) is 22.3 Å². The van der Waals surface area contributed by atoms with Gasteiger partial charge in [-0.1, -0.05) is 36.4 Å². The molecular weight excluding hydrogens is 448 g/mol. The second-order valence-electron chi connectivity index (χ2n) is 8.33. The lowest BCUT2D eigenvalue weighted by molar-refractivity contribution is -0.137. The molecule has 0 saturated heterocycles. The maximum Gasteiger partial charge on any atom is 0.307 e. The first kappa shape index (κ1) is 25.7. The van der Waals surface area contributed by atoms with Crippen LogP contribution >= 0.6 is 0 Å². The number of carboxylic acid groups (broad SMARTS) is 2. The first-order valence-electron chi connectivity index (χ1n) is 11.1. The Labute approximate surface area is 204 Å². The number of benzene rings is 2. The summed E-state index contributed by atoms with van der Waals surface area (Å²) in [6, 6.07) is 10.7. The van der Waals surface area contributed by atoms with Gasteiger partial charge in [0.15, 0.2) is 0 Å². The van der Waals surface area contributed by atoms with Gasteiger partial charge in [0, 0.05) is 29.6 Å². The van der Waals surface area contributed by atoms with Gasteiger partial charge in [-0.05, 0) is 46.5 Å². The smallest absolute Gasteiger partial charge is 0.307 e. The molecule has 0 bridgehead atoms. The normalized spacial score (nSPS) is 14.0. The van der Waals surface area contributed by atoms with Crippen molar-refractivity contribution in [1.29, 1.82) is 0 Å². The zero-order chi connectivity index (χ0) is 25.6. The summed E-state index contributed by atoms with van der Waals surface area (Å²) in [5, 5.41) is 18.8. The van der Waals surface area contributed by atoms with Crippen LogP contribution in [0.4, 0.5) is 0 Å². The van der Waals surface area contributed by atoms with Crippen molar-refractivity contribution in [3.05, 3.63) is 88.5 Å². The van der Waals surface area contributed by atoms with Gasteiger partial charge in [0.25, 0.3) is 0 Å². The molecule has 35 heavy (non-hydrogen) atoms. The molecule has 0 aliphatic heterocycles. The van der Waals surface area contributed by atoms with Gasteiger partial charge < -0.3 is 31.2 Å². The van der Waals surface area contributed by atoms with Crippen LogP contribution in [0, 0.1) is 5.41 Å². The van der Waals surface area contributed by atoms with E-state index < -0.39 is 17.4 Å². The molecule has 0 heterocycles. The Morgan fingerprint density at radius 3 is 1.57 bits per heavy atom. The van der Waals surface area contributed by atoms with Gasteiger partial charge in [0.2, 0.25) is 0 Å². The van der Waals surface area contributed by atoms with Gasteiger partial charge in [0.1, 0.15) is 11.5 Å². The Balaban J connectivity index is 2.26. The maximum absolute atomic E-state index is 11.5. The number of hydrogen-bond acceptors (Lipinski definition) is 6. The number of rotatable bonds is 10. The van der Waals surface area contributed by atoms with E-state index in [0.717, 1.165) is 22.3 Å². The highest BCUT2D eigenvalue weighted by molar-refractivity contribution is 5.87. The molecule has 8 heteroatoms. The fraction of sp³-hybridized carbons (Fsp3) is 0.259. The molecule has 1 aliphatic rings. The number of hydrogen-bond donors (Lipinski definition) is 4. The molecule has 2 aromatic carbocycles. The third-order valence-electron chi connectivity index (χ3n) is 6.06. The highest BCUT2D eigenvalue weighted by Gasteiger charge is 2.24. The molecule has 3 rings (SSSR count). The molecule has 184 valence electrons. The van der Waals surface area contributed by atoms with Crippen molar-refractivity contribution in [2.24, 2.45) is 16.9 Å². The third kappa shape index (κ3) is 5.79. The van der Waals surface area contributed by atoms with E-state index in [-0.39, 0.29) is 12.8 Å². The quantitative estimate of drug-likeness (QED) is 0.408. The predicted molar refractivity (Wildman–Crippen MR) is 134 cm³/mol. The van der Waals surface area contributed by atoms with E-state index in [1.807, 2.05) is 36.4 Å². The first-order valence-corrected chi connectivity index (χ1v) is 11.1. The monoisotopic (exact) mass is 478 g/mol. The Hall–Kier alpha value is -3.88. The van der Waals surface area contributed by atoms with E-state index in [4.69, 9.17) is 20.9 Å². The zero-order valence-electron chi connectivity index (χ0n) is 19.8. The highest BCUT2D eigenvalue weighted by atomic mass is 16.5. The summed E-state index contributed by atoms with van der Waals surface area (Å²) < 4.78 is 10.7. The van der Waals surface area contributed by atoms with Crippen LogP contribution in [0.25, 0.3) is 5.57 Å². The molecule has 0 saturated carbocycles. The number of ether oxygens (including phenoxy) is 2. The summed E-state index contributed by atoms with van der Waals surface area (Å²) in [5.74, 6) is -1.00. The largest absolute Gasteiger partial charge is 0.496 e. The van der Waals surface area contributed by atoms with Crippen LogP contribution in [0.15, 0.2) is 66.3 Å². The summed E-state index contributed by atoms with van der Waals surface area (Å²) in [7, 11) is 2.99. The van der Waals surface area contributed by atoms with Crippen LogP contribution in [0.3, 0.4) is 0 Å². The summed E-state index contributed by atoms with van der Waals surface area (Å²) in [6.07, 6.45) is 7.40. The Morgan fingerprint density at radius 2 is 1.23 bits per heavy atom. The summed E-state index contributed by atoms with van der Waals surface area (Å²) >= 11 is 0. The van der Waals surface area contributed by atoms with E-state index >= 15 is 0 Å². The lowest BCUT2D eigenvalue weighted by Crippen LogP contribution is -2.35. The Morgan fingerprint density at radius 1 is 0.800 bits per heavy atom. The molecule has 0 fully saturated rings. The minimum Gasteiger partial charge on any atom is -0.496 e. The van der Waals surface area contributed by atoms with E-state index in [0.29, 0.717) is 35.7 Å².